The lowest BCUT2D eigenvalue weighted by Gasteiger charge is -2.18. The van der Waals surface area contributed by atoms with Crippen molar-refractivity contribution in [2.24, 2.45) is 0 Å². The first-order valence-corrected chi connectivity index (χ1v) is 10.4. The van der Waals surface area contributed by atoms with E-state index in [-0.39, 0.29) is 18.2 Å². The number of hydrogen-bond donors (Lipinski definition) is 1. The molecule has 2 heterocycles. The van der Waals surface area contributed by atoms with Gasteiger partial charge < -0.3 is 10.1 Å². The van der Waals surface area contributed by atoms with Crippen LogP contribution in [0, 0.1) is 0 Å². The average molecular weight is 429 g/mol. The molecule has 4 aromatic rings. The van der Waals surface area contributed by atoms with Crippen LogP contribution in [-0.2, 0) is 4.74 Å². The lowest BCUT2D eigenvalue weighted by molar-refractivity contribution is 0.0529. The van der Waals surface area contributed by atoms with Crippen LogP contribution >= 0.6 is 11.3 Å². The summed E-state index contributed by atoms with van der Waals surface area (Å²) in [6.07, 6.45) is 1.40. The second-order valence-electron chi connectivity index (χ2n) is 6.86. The Hall–Kier alpha value is -3.91. The Kier molecular flexibility index (Phi) is 4.56. The van der Waals surface area contributed by atoms with Crippen LogP contribution in [0.2, 0.25) is 0 Å². The molecule has 0 amide bonds. The molecule has 31 heavy (non-hydrogen) atoms. The van der Waals surface area contributed by atoms with Gasteiger partial charge in [-0.2, -0.15) is 0 Å². The molecule has 152 valence electrons. The molecular weight excluding hydrogens is 414 g/mol. The number of carbonyl (C=O) groups is 3. The van der Waals surface area contributed by atoms with Crippen molar-refractivity contribution in [2.75, 3.05) is 11.9 Å². The fourth-order valence-corrected chi connectivity index (χ4v) is 4.52. The van der Waals surface area contributed by atoms with Gasteiger partial charge >= 0.3 is 5.97 Å². The second kappa shape index (κ2) is 7.41. The van der Waals surface area contributed by atoms with Gasteiger partial charge in [0.15, 0.2) is 11.6 Å². The fourth-order valence-electron chi connectivity index (χ4n) is 3.64. The minimum atomic E-state index is -0.450. The van der Waals surface area contributed by atoms with Crippen LogP contribution in [0.3, 0.4) is 0 Å². The Morgan fingerprint density at radius 2 is 1.71 bits per heavy atom. The summed E-state index contributed by atoms with van der Waals surface area (Å²) in [4.78, 5) is 47.3. The third kappa shape index (κ3) is 3.08. The van der Waals surface area contributed by atoms with Gasteiger partial charge in [0.2, 0.25) is 0 Å². The minimum absolute atomic E-state index is 0.177. The second-order valence-corrected chi connectivity index (χ2v) is 7.72. The molecule has 5 rings (SSSR count). The molecule has 0 bridgehead atoms. The van der Waals surface area contributed by atoms with Crippen molar-refractivity contribution in [1.82, 2.24) is 9.97 Å². The molecule has 0 saturated heterocycles. The molecule has 0 aliphatic heterocycles. The molecule has 0 saturated carbocycles. The van der Waals surface area contributed by atoms with E-state index in [1.54, 1.807) is 54.8 Å². The van der Waals surface area contributed by atoms with Gasteiger partial charge in [0.05, 0.1) is 17.6 Å². The first-order valence-electron chi connectivity index (χ1n) is 9.57. The Morgan fingerprint density at radius 3 is 2.45 bits per heavy atom. The van der Waals surface area contributed by atoms with E-state index < -0.39 is 5.97 Å². The topological polar surface area (TPSA) is 98.2 Å². The van der Waals surface area contributed by atoms with Crippen LogP contribution in [0.15, 0.2) is 54.2 Å². The Bertz CT molecular complexity index is 1390. The zero-order valence-electron chi connectivity index (χ0n) is 16.3. The molecule has 0 atom stereocenters. The van der Waals surface area contributed by atoms with Crippen LogP contribution in [0.4, 0.5) is 11.5 Å². The van der Waals surface area contributed by atoms with Gasteiger partial charge in [-0.25, -0.2) is 14.8 Å². The van der Waals surface area contributed by atoms with E-state index in [0.29, 0.717) is 49.5 Å². The number of ether oxygens (including phenoxy) is 1. The van der Waals surface area contributed by atoms with Gasteiger partial charge in [-0.1, -0.05) is 24.3 Å². The predicted molar refractivity (Wildman–Crippen MR) is 116 cm³/mol. The summed E-state index contributed by atoms with van der Waals surface area (Å²) < 4.78 is 5.14. The number of benzene rings is 2. The van der Waals surface area contributed by atoms with E-state index >= 15 is 0 Å². The molecule has 0 unspecified atom stereocenters. The summed E-state index contributed by atoms with van der Waals surface area (Å²) in [7, 11) is 0. The molecular formula is C23H15N3O4S. The molecule has 1 N–H and O–H groups in total. The highest BCUT2D eigenvalue weighted by Gasteiger charge is 2.29. The summed E-state index contributed by atoms with van der Waals surface area (Å²) in [6, 6.07) is 11.8. The maximum Gasteiger partial charge on any atom is 0.339 e. The van der Waals surface area contributed by atoms with Crippen molar-refractivity contribution in [3.63, 3.8) is 0 Å². The number of carbonyl (C=O) groups excluding carboxylic acids is 3. The fraction of sp³-hybridized carbons (Fsp3) is 0.0870. The minimum Gasteiger partial charge on any atom is -0.462 e. The van der Waals surface area contributed by atoms with Gasteiger partial charge in [0, 0.05) is 33.3 Å². The number of nitrogens with one attached hydrogen (secondary N) is 1. The van der Waals surface area contributed by atoms with Crippen LogP contribution in [-0.4, -0.2) is 34.1 Å². The lowest BCUT2D eigenvalue weighted by Crippen LogP contribution is -2.20. The Labute approximate surface area is 180 Å². The van der Waals surface area contributed by atoms with E-state index in [9.17, 15) is 14.4 Å². The number of fused-ring (bicyclic) bond motifs is 3. The number of esters is 1. The van der Waals surface area contributed by atoms with Crippen molar-refractivity contribution in [1.29, 1.82) is 0 Å². The first-order chi connectivity index (χ1) is 15.1. The maximum atomic E-state index is 13.0. The van der Waals surface area contributed by atoms with E-state index in [2.05, 4.69) is 15.3 Å². The molecule has 0 spiro atoms. The Morgan fingerprint density at radius 1 is 1.00 bits per heavy atom. The zero-order chi connectivity index (χ0) is 21.5. The van der Waals surface area contributed by atoms with Crippen LogP contribution in [0.25, 0.3) is 10.2 Å². The molecule has 0 fully saturated rings. The number of anilines is 2. The van der Waals surface area contributed by atoms with Crippen molar-refractivity contribution < 1.29 is 19.1 Å². The first kappa shape index (κ1) is 19.1. The maximum absolute atomic E-state index is 13.0. The standard InChI is InChI=1S/C23H15N3O4S/c1-2-30-23(29)17-10-31-22-18(17)21(24-11-25-22)26-12-7-8-15-16(9-12)20(28)14-6-4-3-5-13(14)19(15)27/h3-11H,2H2,1H3,(H,24,25,26). The molecule has 0 radical (unpaired) electrons. The van der Waals surface area contributed by atoms with E-state index in [1.807, 2.05) is 0 Å². The molecule has 8 heteroatoms. The van der Waals surface area contributed by atoms with Gasteiger partial charge in [-0.15, -0.1) is 11.3 Å². The third-order valence-electron chi connectivity index (χ3n) is 5.05. The largest absolute Gasteiger partial charge is 0.462 e. The highest BCUT2D eigenvalue weighted by atomic mass is 32.1. The molecule has 1 aliphatic rings. The highest BCUT2D eigenvalue weighted by Crippen LogP contribution is 2.33. The van der Waals surface area contributed by atoms with E-state index in [4.69, 9.17) is 4.74 Å². The SMILES string of the molecule is CCOC(=O)c1csc2ncnc(Nc3ccc4c(c3)C(=O)c3ccccc3C4=O)c12. The smallest absolute Gasteiger partial charge is 0.339 e. The van der Waals surface area contributed by atoms with Crippen LogP contribution in [0.1, 0.15) is 49.1 Å². The van der Waals surface area contributed by atoms with E-state index in [0.717, 1.165) is 0 Å². The normalized spacial score (nSPS) is 12.4. The average Bonchev–Trinajstić information content (AvgIpc) is 3.23. The van der Waals surface area contributed by atoms with Crippen LogP contribution < -0.4 is 5.32 Å². The lowest BCUT2D eigenvalue weighted by atomic mass is 9.84. The van der Waals surface area contributed by atoms with Gasteiger partial charge in [0.1, 0.15) is 17.0 Å². The number of nitrogens with zero attached hydrogens (tertiary/aromatic N) is 2. The van der Waals surface area contributed by atoms with E-state index in [1.165, 1.54) is 17.7 Å². The third-order valence-corrected chi connectivity index (χ3v) is 5.94. The van der Waals surface area contributed by atoms with Crippen LogP contribution in [0.5, 0.6) is 0 Å². The van der Waals surface area contributed by atoms with Crippen molar-refractivity contribution >= 4 is 50.6 Å². The number of ketones is 2. The molecule has 2 aromatic heterocycles. The van der Waals surface area contributed by atoms with Crippen molar-refractivity contribution in [3.8, 4) is 0 Å². The summed E-state index contributed by atoms with van der Waals surface area (Å²) in [5.74, 6) is -0.410. The molecule has 2 aromatic carbocycles. The summed E-state index contributed by atoms with van der Waals surface area (Å²) in [6.45, 7) is 2.00. The quantitative estimate of drug-likeness (QED) is 0.423. The van der Waals surface area contributed by atoms with Crippen molar-refractivity contribution in [2.45, 2.75) is 6.92 Å². The zero-order valence-corrected chi connectivity index (χ0v) is 17.2. The molecule has 7 nitrogen and oxygen atoms in total. The van der Waals surface area contributed by atoms with Crippen molar-refractivity contribution in [3.05, 3.63) is 82.0 Å². The predicted octanol–water partition coefficient (Wildman–Crippen LogP) is 4.39. The number of rotatable bonds is 4. The highest BCUT2D eigenvalue weighted by molar-refractivity contribution is 7.17. The van der Waals surface area contributed by atoms with Gasteiger partial charge in [0.25, 0.3) is 0 Å². The number of hydrogen-bond acceptors (Lipinski definition) is 8. The number of thiophene rings is 1. The summed E-state index contributed by atoms with van der Waals surface area (Å²) >= 11 is 1.32. The Balaban J connectivity index is 1.56. The number of aromatic nitrogens is 2. The summed E-state index contributed by atoms with van der Waals surface area (Å²) in [5.41, 5.74) is 2.45. The van der Waals surface area contributed by atoms with Gasteiger partial charge in [-0.05, 0) is 25.1 Å². The van der Waals surface area contributed by atoms with Gasteiger partial charge in [-0.3, -0.25) is 9.59 Å². The summed E-state index contributed by atoms with van der Waals surface area (Å²) in [5, 5.41) is 5.41. The monoisotopic (exact) mass is 429 g/mol. The molecule has 1 aliphatic carbocycles.